The number of nitrogens with zero attached hydrogens (tertiary/aromatic N) is 1. The third-order valence-corrected chi connectivity index (χ3v) is 4.74. The first-order valence-electron chi connectivity index (χ1n) is 8.06. The predicted octanol–water partition coefficient (Wildman–Crippen LogP) is 4.36. The molecule has 4 nitrogen and oxygen atoms in total. The fourth-order valence-corrected chi connectivity index (χ4v) is 2.94. The van der Waals surface area contributed by atoms with Crippen molar-refractivity contribution in [2.45, 2.75) is 18.9 Å². The number of anilines is 1. The summed E-state index contributed by atoms with van der Waals surface area (Å²) >= 11 is 12.2. The molecule has 0 heterocycles. The van der Waals surface area contributed by atoms with Crippen LogP contribution >= 0.6 is 35.6 Å². The maximum Gasteiger partial charge on any atom is 0.240 e. The average molecular weight is 414 g/mol. The van der Waals surface area contributed by atoms with Gasteiger partial charge in [0.15, 0.2) is 5.78 Å². The highest BCUT2D eigenvalue weighted by atomic mass is 35.5. The molecule has 0 saturated heterocycles. The first kappa shape index (κ1) is 20.7. The lowest BCUT2D eigenvalue weighted by molar-refractivity contribution is -0.117. The molecule has 1 saturated carbocycles. The van der Waals surface area contributed by atoms with Gasteiger partial charge in [-0.2, -0.15) is 0 Å². The number of carbonyl (C=O) groups is 2. The third-order valence-electron chi connectivity index (χ3n) is 4.18. The van der Waals surface area contributed by atoms with Crippen LogP contribution in [0, 0.1) is 0 Å². The summed E-state index contributed by atoms with van der Waals surface area (Å²) in [6.45, 7) is 0.240. The molecule has 0 unspecified atom stereocenters. The molecule has 3 rings (SSSR count). The van der Waals surface area contributed by atoms with E-state index >= 15 is 0 Å². The second-order valence-electron chi connectivity index (χ2n) is 6.08. The summed E-state index contributed by atoms with van der Waals surface area (Å²) in [4.78, 5) is 26.9. The SMILES string of the molecule is CN(C(=O)CNC1CC1)c1ccc(Cl)cc1C(=O)c1ccccc1Cl.Cl. The summed E-state index contributed by atoms with van der Waals surface area (Å²) in [6, 6.07) is 12.2. The van der Waals surface area contributed by atoms with Gasteiger partial charge in [-0.3, -0.25) is 9.59 Å². The smallest absolute Gasteiger partial charge is 0.240 e. The normalized spacial score (nSPS) is 13.0. The zero-order valence-electron chi connectivity index (χ0n) is 14.2. The third kappa shape index (κ3) is 4.77. The van der Waals surface area contributed by atoms with Crippen LogP contribution < -0.4 is 10.2 Å². The number of rotatable bonds is 6. The summed E-state index contributed by atoms with van der Waals surface area (Å²) in [6.07, 6.45) is 2.21. The first-order chi connectivity index (χ1) is 12.0. The van der Waals surface area contributed by atoms with Crippen molar-refractivity contribution in [3.63, 3.8) is 0 Å². The minimum Gasteiger partial charge on any atom is -0.314 e. The van der Waals surface area contributed by atoms with Crippen molar-refractivity contribution < 1.29 is 9.59 Å². The first-order valence-corrected chi connectivity index (χ1v) is 8.81. The van der Waals surface area contributed by atoms with E-state index in [0.717, 1.165) is 12.8 Å². The van der Waals surface area contributed by atoms with Crippen LogP contribution in [0.15, 0.2) is 42.5 Å². The van der Waals surface area contributed by atoms with Crippen LogP contribution in [-0.4, -0.2) is 31.3 Å². The minimum absolute atomic E-state index is 0. The average Bonchev–Trinajstić information content (AvgIpc) is 3.43. The molecule has 0 radical (unpaired) electrons. The highest BCUT2D eigenvalue weighted by molar-refractivity contribution is 6.36. The molecule has 1 aliphatic carbocycles. The quantitative estimate of drug-likeness (QED) is 0.716. The topological polar surface area (TPSA) is 49.4 Å². The molecule has 1 N–H and O–H groups in total. The largest absolute Gasteiger partial charge is 0.314 e. The van der Waals surface area contributed by atoms with E-state index in [-0.39, 0.29) is 30.6 Å². The van der Waals surface area contributed by atoms with Gasteiger partial charge in [-0.15, -0.1) is 12.4 Å². The van der Waals surface area contributed by atoms with Crippen LogP contribution in [0.2, 0.25) is 10.0 Å². The number of ketones is 1. The molecule has 0 atom stereocenters. The number of amides is 1. The standard InChI is InChI=1S/C19H18Cl2N2O2.ClH/c1-23(18(24)11-22-13-7-8-13)17-9-6-12(20)10-15(17)19(25)14-4-2-3-5-16(14)21;/h2-6,9-10,13,22H,7-8,11H2,1H3;1H. The number of carbonyl (C=O) groups excluding carboxylic acids is 2. The van der Waals surface area contributed by atoms with Gasteiger partial charge in [-0.05, 0) is 43.2 Å². The van der Waals surface area contributed by atoms with Crippen LogP contribution in [0.5, 0.6) is 0 Å². The van der Waals surface area contributed by atoms with Crippen molar-refractivity contribution in [2.24, 2.45) is 0 Å². The molecule has 2 aromatic carbocycles. The summed E-state index contributed by atoms with van der Waals surface area (Å²) in [5.41, 5.74) is 1.24. The van der Waals surface area contributed by atoms with E-state index in [1.54, 1.807) is 49.5 Å². The summed E-state index contributed by atoms with van der Waals surface area (Å²) < 4.78 is 0. The number of nitrogens with one attached hydrogen (secondary N) is 1. The van der Waals surface area contributed by atoms with E-state index in [9.17, 15) is 9.59 Å². The van der Waals surface area contributed by atoms with Crippen molar-refractivity contribution in [1.82, 2.24) is 5.32 Å². The van der Waals surface area contributed by atoms with Gasteiger partial charge >= 0.3 is 0 Å². The molecular weight excluding hydrogens is 395 g/mol. The van der Waals surface area contributed by atoms with Gasteiger partial charge in [0.1, 0.15) is 0 Å². The van der Waals surface area contributed by atoms with Gasteiger partial charge in [0.25, 0.3) is 0 Å². The van der Waals surface area contributed by atoms with Crippen LogP contribution in [0.3, 0.4) is 0 Å². The molecule has 1 fully saturated rings. The molecule has 1 amide bonds. The number of benzene rings is 2. The fourth-order valence-electron chi connectivity index (χ4n) is 2.55. The van der Waals surface area contributed by atoms with Gasteiger partial charge in [-0.1, -0.05) is 35.3 Å². The van der Waals surface area contributed by atoms with E-state index in [2.05, 4.69) is 5.32 Å². The molecular formula is C19H19Cl3N2O2. The van der Waals surface area contributed by atoms with Crippen molar-refractivity contribution in [1.29, 1.82) is 0 Å². The van der Waals surface area contributed by atoms with Crippen molar-refractivity contribution >= 4 is 53.0 Å². The highest BCUT2D eigenvalue weighted by Crippen LogP contribution is 2.28. The number of halogens is 3. The molecule has 1 aliphatic rings. The molecule has 26 heavy (non-hydrogen) atoms. The Kier molecular flexibility index (Phi) is 7.07. The van der Waals surface area contributed by atoms with E-state index in [1.165, 1.54) is 4.90 Å². The molecule has 0 spiro atoms. The summed E-state index contributed by atoms with van der Waals surface area (Å²) in [7, 11) is 1.66. The van der Waals surface area contributed by atoms with Crippen LogP contribution in [-0.2, 0) is 4.79 Å². The van der Waals surface area contributed by atoms with Crippen LogP contribution in [0.1, 0.15) is 28.8 Å². The lowest BCUT2D eigenvalue weighted by atomic mass is 10.0. The van der Waals surface area contributed by atoms with E-state index < -0.39 is 0 Å². The number of hydrogen-bond acceptors (Lipinski definition) is 3. The predicted molar refractivity (Wildman–Crippen MR) is 108 cm³/mol. The summed E-state index contributed by atoms with van der Waals surface area (Å²) in [5, 5.41) is 3.98. The lowest BCUT2D eigenvalue weighted by Gasteiger charge is -2.21. The van der Waals surface area contributed by atoms with Crippen molar-refractivity contribution in [3.05, 3.63) is 63.6 Å². The van der Waals surface area contributed by atoms with Gasteiger partial charge in [-0.25, -0.2) is 0 Å². The molecule has 7 heteroatoms. The maximum atomic E-state index is 12.9. The zero-order chi connectivity index (χ0) is 18.0. The monoisotopic (exact) mass is 412 g/mol. The van der Waals surface area contributed by atoms with E-state index in [1.807, 2.05) is 0 Å². The zero-order valence-corrected chi connectivity index (χ0v) is 16.5. The summed E-state index contributed by atoms with van der Waals surface area (Å²) in [5.74, 6) is -0.375. The van der Waals surface area contributed by atoms with Crippen molar-refractivity contribution in [2.75, 3.05) is 18.5 Å². The van der Waals surface area contributed by atoms with E-state index in [4.69, 9.17) is 23.2 Å². The molecule has 2 aromatic rings. The van der Waals surface area contributed by atoms with Gasteiger partial charge in [0.05, 0.1) is 17.3 Å². The van der Waals surface area contributed by atoms with Gasteiger partial charge in [0.2, 0.25) is 5.91 Å². The van der Waals surface area contributed by atoms with Gasteiger partial charge in [0, 0.05) is 29.2 Å². The Morgan fingerprint density at radius 3 is 2.46 bits per heavy atom. The second-order valence-corrected chi connectivity index (χ2v) is 6.92. The van der Waals surface area contributed by atoms with E-state index in [0.29, 0.717) is 32.9 Å². The molecule has 0 aliphatic heterocycles. The van der Waals surface area contributed by atoms with Gasteiger partial charge < -0.3 is 10.2 Å². The van der Waals surface area contributed by atoms with Crippen molar-refractivity contribution in [3.8, 4) is 0 Å². The van der Waals surface area contributed by atoms with Crippen LogP contribution in [0.4, 0.5) is 5.69 Å². The van der Waals surface area contributed by atoms with Crippen LogP contribution in [0.25, 0.3) is 0 Å². The minimum atomic E-state index is -0.266. The second kappa shape index (κ2) is 8.87. The Bertz CT molecular complexity index is 822. The number of likely N-dealkylation sites (N-methyl/N-ethyl adjacent to an activating group) is 1. The Morgan fingerprint density at radius 1 is 1.12 bits per heavy atom. The highest BCUT2D eigenvalue weighted by Gasteiger charge is 2.24. The molecule has 0 bridgehead atoms. The number of hydrogen-bond donors (Lipinski definition) is 1. The Labute approximate surface area is 168 Å². The Balaban J connectivity index is 0.00000243. The fraction of sp³-hybridized carbons (Fsp3) is 0.263. The molecule has 0 aromatic heterocycles. The maximum absolute atomic E-state index is 12.9. The Hall–Kier alpha value is -1.59. The molecule has 138 valence electrons. The lowest BCUT2D eigenvalue weighted by Crippen LogP contribution is -2.37. The Morgan fingerprint density at radius 2 is 1.81 bits per heavy atom.